The van der Waals surface area contributed by atoms with Crippen molar-refractivity contribution in [3.63, 3.8) is 0 Å². The summed E-state index contributed by atoms with van der Waals surface area (Å²) in [7, 11) is 0.790. The molecule has 1 N–H and O–H groups in total. The van der Waals surface area contributed by atoms with Crippen molar-refractivity contribution in [2.24, 2.45) is 0 Å². The van der Waals surface area contributed by atoms with Crippen LogP contribution in [0.3, 0.4) is 0 Å². The summed E-state index contributed by atoms with van der Waals surface area (Å²) in [5, 5.41) is 2.74. The zero-order valence-corrected chi connectivity index (χ0v) is 17.5. The Kier molecular flexibility index (Phi) is 7.29. The molecule has 0 bridgehead atoms. The molecule has 0 fully saturated rings. The van der Waals surface area contributed by atoms with Crippen LogP contribution in [0.15, 0.2) is 47.4 Å². The molecule has 2 rings (SSSR count). The summed E-state index contributed by atoms with van der Waals surface area (Å²) >= 11 is 1.49. The standard InChI is InChI=1S/C19H24N2O4S2/c1-14-5-7-15(8-6-14)12-26-13-19(22)20-17-11-16(9-10-18(17)25-4)27(23,24)21(2)3/h5-11H,12-13H2,1-4H3,(H,20,22). The van der Waals surface area contributed by atoms with E-state index < -0.39 is 10.0 Å². The summed E-state index contributed by atoms with van der Waals surface area (Å²) in [6.45, 7) is 2.03. The fraction of sp³-hybridized carbons (Fsp3) is 0.316. The van der Waals surface area contributed by atoms with Gasteiger partial charge >= 0.3 is 0 Å². The summed E-state index contributed by atoms with van der Waals surface area (Å²) < 4.78 is 30.9. The monoisotopic (exact) mass is 408 g/mol. The molecular weight excluding hydrogens is 384 g/mol. The van der Waals surface area contributed by atoms with E-state index in [9.17, 15) is 13.2 Å². The van der Waals surface area contributed by atoms with Gasteiger partial charge in [0.2, 0.25) is 15.9 Å². The van der Waals surface area contributed by atoms with Gasteiger partial charge in [-0.1, -0.05) is 29.8 Å². The Morgan fingerprint density at radius 2 is 1.81 bits per heavy atom. The molecule has 0 heterocycles. The molecule has 27 heavy (non-hydrogen) atoms. The van der Waals surface area contributed by atoms with Gasteiger partial charge in [-0.15, -0.1) is 11.8 Å². The number of nitrogens with zero attached hydrogens (tertiary/aromatic N) is 1. The van der Waals surface area contributed by atoms with Crippen LogP contribution in [0.25, 0.3) is 0 Å². The topological polar surface area (TPSA) is 75.7 Å². The van der Waals surface area contributed by atoms with Gasteiger partial charge in [-0.2, -0.15) is 0 Å². The number of carbonyl (C=O) groups is 1. The predicted molar refractivity (Wildman–Crippen MR) is 110 cm³/mol. The van der Waals surface area contributed by atoms with Crippen molar-refractivity contribution >= 4 is 33.4 Å². The normalized spacial score (nSPS) is 11.4. The van der Waals surface area contributed by atoms with Gasteiger partial charge in [0.05, 0.1) is 23.4 Å². The van der Waals surface area contributed by atoms with Gasteiger partial charge in [0.25, 0.3) is 0 Å². The van der Waals surface area contributed by atoms with Gasteiger partial charge < -0.3 is 10.1 Å². The minimum Gasteiger partial charge on any atom is -0.495 e. The summed E-state index contributed by atoms with van der Waals surface area (Å²) in [4.78, 5) is 12.4. The van der Waals surface area contributed by atoms with Gasteiger partial charge in [-0.3, -0.25) is 4.79 Å². The molecule has 0 saturated carbocycles. The van der Waals surface area contributed by atoms with E-state index >= 15 is 0 Å². The van der Waals surface area contributed by atoms with Crippen LogP contribution >= 0.6 is 11.8 Å². The fourth-order valence-corrected chi connectivity index (χ4v) is 4.00. The number of sulfonamides is 1. The predicted octanol–water partition coefficient (Wildman–Crippen LogP) is 3.13. The third-order valence-corrected chi connectivity index (χ3v) is 6.66. The number of methoxy groups -OCH3 is 1. The number of hydrogen-bond donors (Lipinski definition) is 1. The molecule has 0 unspecified atom stereocenters. The average molecular weight is 409 g/mol. The molecule has 0 aromatic heterocycles. The van der Waals surface area contributed by atoms with Gasteiger partial charge in [0, 0.05) is 19.8 Å². The van der Waals surface area contributed by atoms with Gasteiger partial charge in [-0.05, 0) is 30.7 Å². The van der Waals surface area contributed by atoms with Crippen molar-refractivity contribution in [3.8, 4) is 5.75 Å². The molecule has 0 spiro atoms. The van der Waals surface area contributed by atoms with Crippen molar-refractivity contribution in [1.29, 1.82) is 0 Å². The first-order valence-electron chi connectivity index (χ1n) is 8.27. The SMILES string of the molecule is COc1ccc(S(=O)(=O)N(C)C)cc1NC(=O)CSCc1ccc(C)cc1. The minimum absolute atomic E-state index is 0.0934. The Bertz CT molecular complexity index is 894. The fourth-order valence-electron chi connectivity index (χ4n) is 2.29. The molecule has 0 atom stereocenters. The Hall–Kier alpha value is -2.03. The van der Waals surface area contributed by atoms with E-state index in [4.69, 9.17) is 4.74 Å². The number of ether oxygens (including phenoxy) is 1. The number of thioether (sulfide) groups is 1. The van der Waals surface area contributed by atoms with Crippen LogP contribution < -0.4 is 10.1 Å². The van der Waals surface area contributed by atoms with E-state index in [1.165, 1.54) is 56.7 Å². The van der Waals surface area contributed by atoms with Gasteiger partial charge in [-0.25, -0.2) is 12.7 Å². The van der Waals surface area contributed by atoms with Crippen molar-refractivity contribution < 1.29 is 17.9 Å². The smallest absolute Gasteiger partial charge is 0.242 e. The molecule has 0 saturated heterocycles. The number of hydrogen-bond acceptors (Lipinski definition) is 5. The lowest BCUT2D eigenvalue weighted by Gasteiger charge is -2.15. The van der Waals surface area contributed by atoms with Crippen LogP contribution in [0.5, 0.6) is 5.75 Å². The van der Waals surface area contributed by atoms with E-state index in [1.54, 1.807) is 0 Å². The number of rotatable bonds is 8. The third-order valence-electron chi connectivity index (χ3n) is 3.85. The molecule has 1 amide bonds. The molecular formula is C19H24N2O4S2. The molecule has 6 nitrogen and oxygen atoms in total. The van der Waals surface area contributed by atoms with Crippen LogP contribution in [0.4, 0.5) is 5.69 Å². The van der Waals surface area contributed by atoms with Crippen molar-refractivity contribution in [1.82, 2.24) is 4.31 Å². The number of aryl methyl sites for hydroxylation is 1. The quantitative estimate of drug-likeness (QED) is 0.726. The van der Waals surface area contributed by atoms with Gasteiger partial charge in [0.1, 0.15) is 5.75 Å². The highest BCUT2D eigenvalue weighted by molar-refractivity contribution is 7.99. The number of amides is 1. The number of nitrogens with one attached hydrogen (secondary N) is 1. The van der Waals surface area contributed by atoms with E-state index in [2.05, 4.69) is 5.32 Å². The largest absolute Gasteiger partial charge is 0.495 e. The Morgan fingerprint density at radius 1 is 1.15 bits per heavy atom. The first kappa shape index (κ1) is 21.3. The number of anilines is 1. The van der Waals surface area contributed by atoms with Crippen LogP contribution in [-0.4, -0.2) is 45.6 Å². The lowest BCUT2D eigenvalue weighted by molar-refractivity contribution is -0.113. The number of carbonyl (C=O) groups excluding carboxylic acids is 1. The van der Waals surface area contributed by atoms with E-state index in [0.717, 1.165) is 15.6 Å². The molecule has 0 aliphatic heterocycles. The molecule has 2 aromatic rings. The first-order valence-corrected chi connectivity index (χ1v) is 10.9. The van der Waals surface area contributed by atoms with Crippen LogP contribution in [0.1, 0.15) is 11.1 Å². The molecule has 2 aromatic carbocycles. The average Bonchev–Trinajstić information content (AvgIpc) is 2.63. The molecule has 0 aliphatic carbocycles. The maximum absolute atomic E-state index is 12.3. The lowest BCUT2D eigenvalue weighted by Crippen LogP contribution is -2.22. The summed E-state index contributed by atoms with van der Waals surface area (Å²) in [5.74, 6) is 1.16. The van der Waals surface area contributed by atoms with Gasteiger partial charge in [0.15, 0.2) is 0 Å². The van der Waals surface area contributed by atoms with Crippen LogP contribution in [-0.2, 0) is 20.6 Å². The molecule has 8 heteroatoms. The number of benzene rings is 2. The zero-order chi connectivity index (χ0) is 20.0. The summed E-state index contributed by atoms with van der Waals surface area (Å²) in [6.07, 6.45) is 0. The van der Waals surface area contributed by atoms with Crippen LogP contribution in [0.2, 0.25) is 0 Å². The van der Waals surface area contributed by atoms with E-state index in [-0.39, 0.29) is 16.6 Å². The maximum atomic E-state index is 12.3. The highest BCUT2D eigenvalue weighted by Crippen LogP contribution is 2.28. The Morgan fingerprint density at radius 3 is 2.41 bits per heavy atom. The first-order chi connectivity index (χ1) is 12.7. The van der Waals surface area contributed by atoms with Crippen molar-refractivity contribution in [2.75, 3.05) is 32.3 Å². The molecule has 0 aliphatic rings. The Labute approximate surface area is 165 Å². The highest BCUT2D eigenvalue weighted by Gasteiger charge is 2.19. The summed E-state index contributed by atoms with van der Waals surface area (Å²) in [5.41, 5.74) is 2.68. The highest BCUT2D eigenvalue weighted by atomic mass is 32.2. The second-order valence-corrected chi connectivity index (χ2v) is 9.31. The molecule has 146 valence electrons. The van der Waals surface area contributed by atoms with Crippen molar-refractivity contribution in [3.05, 3.63) is 53.6 Å². The summed E-state index contributed by atoms with van der Waals surface area (Å²) in [6, 6.07) is 12.6. The van der Waals surface area contributed by atoms with Crippen molar-refractivity contribution in [2.45, 2.75) is 17.6 Å². The van der Waals surface area contributed by atoms with E-state index in [0.29, 0.717) is 11.4 Å². The van der Waals surface area contributed by atoms with Crippen LogP contribution in [0, 0.1) is 6.92 Å². The molecule has 0 radical (unpaired) electrons. The lowest BCUT2D eigenvalue weighted by atomic mass is 10.2. The zero-order valence-electron chi connectivity index (χ0n) is 15.9. The second kappa shape index (κ2) is 9.25. The van der Waals surface area contributed by atoms with E-state index in [1.807, 2.05) is 31.2 Å². The second-order valence-electron chi connectivity index (χ2n) is 6.18. The Balaban J connectivity index is 2.04. The third kappa shape index (κ3) is 5.72. The minimum atomic E-state index is -3.60. The maximum Gasteiger partial charge on any atom is 0.242 e.